The molecule has 0 spiro atoms. The van der Waals surface area contributed by atoms with Gasteiger partial charge in [0.2, 0.25) is 11.8 Å². The third kappa shape index (κ3) is 8.45. The van der Waals surface area contributed by atoms with Gasteiger partial charge in [-0.15, -0.1) is 24.0 Å². The van der Waals surface area contributed by atoms with Gasteiger partial charge in [0.15, 0.2) is 5.96 Å². The van der Waals surface area contributed by atoms with Crippen LogP contribution in [-0.4, -0.2) is 44.0 Å². The van der Waals surface area contributed by atoms with Gasteiger partial charge < -0.3 is 21.3 Å². The third-order valence-corrected chi connectivity index (χ3v) is 3.52. The molecule has 0 saturated heterocycles. The van der Waals surface area contributed by atoms with Crippen molar-refractivity contribution in [1.29, 1.82) is 0 Å². The highest BCUT2D eigenvalue weighted by molar-refractivity contribution is 14.0. The molecular formula is C17H25FIN5O2. The lowest BCUT2D eigenvalue weighted by molar-refractivity contribution is -0.122. The zero-order valence-electron chi connectivity index (χ0n) is 14.7. The number of benzene rings is 1. The van der Waals surface area contributed by atoms with Crippen molar-refractivity contribution in [2.45, 2.75) is 19.8 Å². The molecule has 0 heterocycles. The highest BCUT2D eigenvalue weighted by Crippen LogP contribution is 2.28. The number of hydrogen-bond donors (Lipinski definition) is 4. The van der Waals surface area contributed by atoms with Gasteiger partial charge in [-0.2, -0.15) is 0 Å². The fourth-order valence-electron chi connectivity index (χ4n) is 2.08. The number of carbonyl (C=O) groups excluding carboxylic acids is 2. The summed E-state index contributed by atoms with van der Waals surface area (Å²) in [6.07, 6.45) is 1.96. The quantitative estimate of drug-likeness (QED) is 0.198. The molecule has 2 rings (SSSR count). The average molecular weight is 477 g/mol. The predicted octanol–water partition coefficient (Wildman–Crippen LogP) is 1.46. The smallest absolute Gasteiger partial charge is 0.246 e. The molecule has 9 heteroatoms. The van der Waals surface area contributed by atoms with Crippen LogP contribution in [0.3, 0.4) is 0 Å². The molecule has 4 N–H and O–H groups in total. The molecule has 0 radical (unpaired) electrons. The summed E-state index contributed by atoms with van der Waals surface area (Å²) in [5.74, 6) is 0.131. The summed E-state index contributed by atoms with van der Waals surface area (Å²) in [5.41, 5.74) is 0.516. The molecule has 1 saturated carbocycles. The summed E-state index contributed by atoms with van der Waals surface area (Å²) < 4.78 is 12.8. The summed E-state index contributed by atoms with van der Waals surface area (Å²) in [4.78, 5) is 27.6. The molecular weight excluding hydrogens is 452 g/mol. The molecule has 1 aromatic carbocycles. The monoisotopic (exact) mass is 477 g/mol. The molecule has 1 aliphatic rings. The number of rotatable bonds is 8. The van der Waals surface area contributed by atoms with E-state index in [1.807, 2.05) is 6.92 Å². The van der Waals surface area contributed by atoms with E-state index in [9.17, 15) is 14.0 Å². The maximum absolute atomic E-state index is 12.8. The van der Waals surface area contributed by atoms with Crippen LogP contribution < -0.4 is 21.3 Å². The number of halogens is 2. The summed E-state index contributed by atoms with van der Waals surface area (Å²) in [7, 11) is 0. The van der Waals surface area contributed by atoms with Gasteiger partial charge in [0.05, 0.1) is 0 Å². The maximum Gasteiger partial charge on any atom is 0.246 e. The van der Waals surface area contributed by atoms with E-state index in [1.54, 1.807) is 0 Å². The van der Waals surface area contributed by atoms with E-state index < -0.39 is 0 Å². The molecule has 1 fully saturated rings. The fourth-order valence-corrected chi connectivity index (χ4v) is 2.08. The van der Waals surface area contributed by atoms with E-state index in [0.29, 0.717) is 31.3 Å². The SMILES string of the molecule is CCNC(=NCC(=O)Nc1ccc(F)cc1)NCCNC(=O)C1CC1.I. The Morgan fingerprint density at radius 1 is 1.12 bits per heavy atom. The lowest BCUT2D eigenvalue weighted by Crippen LogP contribution is -2.42. The molecule has 1 aliphatic carbocycles. The van der Waals surface area contributed by atoms with Crippen LogP contribution >= 0.6 is 24.0 Å². The number of guanidine groups is 1. The van der Waals surface area contributed by atoms with Crippen molar-refractivity contribution in [3.8, 4) is 0 Å². The van der Waals surface area contributed by atoms with E-state index in [1.165, 1.54) is 24.3 Å². The molecule has 0 atom stereocenters. The van der Waals surface area contributed by atoms with Gasteiger partial charge in [0.1, 0.15) is 12.4 Å². The Balaban J connectivity index is 0.00000338. The van der Waals surface area contributed by atoms with Gasteiger partial charge in [-0.05, 0) is 44.0 Å². The van der Waals surface area contributed by atoms with Crippen molar-refractivity contribution < 1.29 is 14.0 Å². The third-order valence-electron chi connectivity index (χ3n) is 3.52. The van der Waals surface area contributed by atoms with Crippen LogP contribution in [0, 0.1) is 11.7 Å². The Labute approximate surface area is 169 Å². The van der Waals surface area contributed by atoms with E-state index in [4.69, 9.17) is 0 Å². The first-order valence-electron chi connectivity index (χ1n) is 8.43. The molecule has 26 heavy (non-hydrogen) atoms. The number of nitrogens with one attached hydrogen (secondary N) is 4. The van der Waals surface area contributed by atoms with Crippen molar-refractivity contribution in [2.24, 2.45) is 10.9 Å². The van der Waals surface area contributed by atoms with Crippen molar-refractivity contribution >= 4 is 47.4 Å². The van der Waals surface area contributed by atoms with E-state index in [0.717, 1.165) is 12.8 Å². The molecule has 0 unspecified atom stereocenters. The number of hydrogen-bond acceptors (Lipinski definition) is 3. The van der Waals surface area contributed by atoms with Crippen molar-refractivity contribution in [3.63, 3.8) is 0 Å². The van der Waals surface area contributed by atoms with Gasteiger partial charge in [-0.25, -0.2) is 9.38 Å². The lowest BCUT2D eigenvalue weighted by Gasteiger charge is -2.12. The van der Waals surface area contributed by atoms with Gasteiger partial charge in [-0.3, -0.25) is 9.59 Å². The number of amides is 2. The lowest BCUT2D eigenvalue weighted by atomic mass is 10.3. The van der Waals surface area contributed by atoms with E-state index in [2.05, 4.69) is 26.3 Å². The second kappa shape index (κ2) is 11.7. The minimum atomic E-state index is -0.358. The van der Waals surface area contributed by atoms with Gasteiger partial charge in [0, 0.05) is 31.2 Å². The highest BCUT2D eigenvalue weighted by Gasteiger charge is 2.28. The standard InChI is InChI=1S/C17H24FN5O2.HI/c1-2-19-17(21-10-9-20-16(25)12-3-4-12)22-11-15(24)23-14-7-5-13(18)6-8-14;/h5-8,12H,2-4,9-11H2,1H3,(H,20,25)(H,23,24)(H2,19,21,22);1H. The van der Waals surface area contributed by atoms with Crippen molar-refractivity contribution in [2.75, 3.05) is 31.5 Å². The van der Waals surface area contributed by atoms with E-state index >= 15 is 0 Å². The van der Waals surface area contributed by atoms with Gasteiger partial charge in [-0.1, -0.05) is 0 Å². The van der Waals surface area contributed by atoms with Crippen molar-refractivity contribution in [1.82, 2.24) is 16.0 Å². The minimum absolute atomic E-state index is 0. The van der Waals surface area contributed by atoms with Crippen LogP contribution in [0.15, 0.2) is 29.3 Å². The first-order valence-corrected chi connectivity index (χ1v) is 8.43. The zero-order valence-corrected chi connectivity index (χ0v) is 17.0. The van der Waals surface area contributed by atoms with Crippen LogP contribution in [0.4, 0.5) is 10.1 Å². The minimum Gasteiger partial charge on any atom is -0.357 e. The number of carbonyl (C=O) groups is 2. The Morgan fingerprint density at radius 3 is 2.38 bits per heavy atom. The number of aliphatic imine (C=N–C) groups is 1. The fraction of sp³-hybridized carbons (Fsp3) is 0.471. The van der Waals surface area contributed by atoms with E-state index in [-0.39, 0.29) is 54.1 Å². The van der Waals surface area contributed by atoms with Crippen LogP contribution in [0.5, 0.6) is 0 Å². The number of anilines is 1. The second-order valence-electron chi connectivity index (χ2n) is 5.74. The predicted molar refractivity (Wildman–Crippen MR) is 110 cm³/mol. The summed E-state index contributed by atoms with van der Waals surface area (Å²) in [6.45, 7) is 3.52. The summed E-state index contributed by atoms with van der Waals surface area (Å²) >= 11 is 0. The van der Waals surface area contributed by atoms with Crippen LogP contribution in [0.2, 0.25) is 0 Å². The van der Waals surface area contributed by atoms with Crippen molar-refractivity contribution in [3.05, 3.63) is 30.1 Å². The summed E-state index contributed by atoms with van der Waals surface area (Å²) in [5, 5.41) is 11.6. The Hall–Kier alpha value is -1.91. The maximum atomic E-state index is 12.8. The molecule has 0 bridgehead atoms. The Kier molecular flexibility index (Phi) is 9.92. The molecule has 7 nitrogen and oxygen atoms in total. The van der Waals surface area contributed by atoms with Crippen LogP contribution in [0.25, 0.3) is 0 Å². The number of nitrogens with zero attached hydrogens (tertiary/aromatic N) is 1. The normalized spacial score (nSPS) is 13.4. The van der Waals surface area contributed by atoms with Gasteiger partial charge in [0.25, 0.3) is 0 Å². The first-order chi connectivity index (χ1) is 12.1. The second-order valence-corrected chi connectivity index (χ2v) is 5.74. The summed E-state index contributed by atoms with van der Waals surface area (Å²) in [6, 6.07) is 5.53. The Bertz CT molecular complexity index is 620. The molecule has 1 aromatic rings. The first kappa shape index (κ1) is 22.1. The van der Waals surface area contributed by atoms with Gasteiger partial charge >= 0.3 is 0 Å². The Morgan fingerprint density at radius 2 is 1.77 bits per heavy atom. The molecule has 0 aromatic heterocycles. The molecule has 2 amide bonds. The molecule has 144 valence electrons. The zero-order chi connectivity index (χ0) is 18.1. The highest BCUT2D eigenvalue weighted by atomic mass is 127. The molecule has 0 aliphatic heterocycles. The van der Waals surface area contributed by atoms with Crippen LogP contribution in [0.1, 0.15) is 19.8 Å². The largest absolute Gasteiger partial charge is 0.357 e. The van der Waals surface area contributed by atoms with Crippen LogP contribution in [-0.2, 0) is 9.59 Å². The topological polar surface area (TPSA) is 94.6 Å². The average Bonchev–Trinajstić information content (AvgIpc) is 3.43.